The molecule has 0 radical (unpaired) electrons. The van der Waals surface area contributed by atoms with Crippen LogP contribution in [0, 0.1) is 0 Å². The van der Waals surface area contributed by atoms with Gasteiger partial charge in [-0.3, -0.25) is 4.79 Å². The Hall–Kier alpha value is -0.770. The Morgan fingerprint density at radius 2 is 2.11 bits per heavy atom. The Morgan fingerprint density at radius 3 is 2.89 bits per heavy atom. The van der Waals surface area contributed by atoms with Gasteiger partial charge in [-0.05, 0) is 50.0 Å². The molecule has 1 aromatic carbocycles. The number of carbonyl (C=O) groups excluding carboxylic acids is 1. The summed E-state index contributed by atoms with van der Waals surface area (Å²) in [6, 6.07) is 5.59. The summed E-state index contributed by atoms with van der Waals surface area (Å²) in [6.07, 6.45) is 3.49. The maximum Gasteiger partial charge on any atom is 0.224 e. The van der Waals surface area contributed by atoms with Crippen LogP contribution in [-0.2, 0) is 11.2 Å². The molecule has 1 unspecified atom stereocenters. The summed E-state index contributed by atoms with van der Waals surface area (Å²) in [6.45, 7) is 2.01. The van der Waals surface area contributed by atoms with E-state index in [0.717, 1.165) is 37.9 Å². The molecule has 0 aliphatic carbocycles. The van der Waals surface area contributed by atoms with Gasteiger partial charge >= 0.3 is 0 Å². The molecule has 1 aliphatic rings. The number of hydrogen-bond acceptors (Lipinski definition) is 2. The molecular formula is C14H18Cl2N2O. The van der Waals surface area contributed by atoms with Crippen LogP contribution in [0.4, 0.5) is 0 Å². The van der Waals surface area contributed by atoms with Crippen LogP contribution in [0.25, 0.3) is 0 Å². The van der Waals surface area contributed by atoms with E-state index in [-0.39, 0.29) is 11.9 Å². The summed E-state index contributed by atoms with van der Waals surface area (Å²) < 4.78 is 0. The van der Waals surface area contributed by atoms with Gasteiger partial charge in [0.25, 0.3) is 0 Å². The van der Waals surface area contributed by atoms with Crippen molar-refractivity contribution in [3.8, 4) is 0 Å². The van der Waals surface area contributed by atoms with Crippen LogP contribution in [0.5, 0.6) is 0 Å². The highest BCUT2D eigenvalue weighted by atomic mass is 35.5. The van der Waals surface area contributed by atoms with Crippen LogP contribution < -0.4 is 10.6 Å². The largest absolute Gasteiger partial charge is 0.353 e. The zero-order valence-corrected chi connectivity index (χ0v) is 12.2. The summed E-state index contributed by atoms with van der Waals surface area (Å²) >= 11 is 11.8. The molecule has 1 atom stereocenters. The van der Waals surface area contributed by atoms with Crippen LogP contribution in [-0.4, -0.2) is 25.0 Å². The highest BCUT2D eigenvalue weighted by Crippen LogP contribution is 2.22. The van der Waals surface area contributed by atoms with Crippen LogP contribution in [0.2, 0.25) is 10.0 Å². The average Bonchev–Trinajstić information content (AvgIpc) is 2.62. The van der Waals surface area contributed by atoms with Crippen LogP contribution in [0.1, 0.15) is 24.8 Å². The topological polar surface area (TPSA) is 41.1 Å². The number of halogens is 2. The first-order chi connectivity index (χ1) is 9.15. The van der Waals surface area contributed by atoms with Gasteiger partial charge in [-0.15, -0.1) is 0 Å². The normalized spacial score (nSPS) is 19.8. The molecule has 1 aliphatic heterocycles. The lowest BCUT2D eigenvalue weighted by Crippen LogP contribution is -2.36. The van der Waals surface area contributed by atoms with E-state index in [1.54, 1.807) is 12.1 Å². The highest BCUT2D eigenvalue weighted by Gasteiger charge is 2.14. The Bertz CT molecular complexity index is 443. The second-order valence-electron chi connectivity index (χ2n) is 4.87. The maximum absolute atomic E-state index is 12.0. The van der Waals surface area contributed by atoms with Crippen molar-refractivity contribution in [2.24, 2.45) is 0 Å². The summed E-state index contributed by atoms with van der Waals surface area (Å²) in [5, 5.41) is 7.42. The second kappa shape index (κ2) is 7.13. The number of carbonyl (C=O) groups is 1. The molecule has 0 bridgehead atoms. The zero-order valence-electron chi connectivity index (χ0n) is 10.7. The molecule has 1 saturated heterocycles. The van der Waals surface area contributed by atoms with Gasteiger partial charge in [-0.1, -0.05) is 29.3 Å². The maximum atomic E-state index is 12.0. The number of hydrogen-bond donors (Lipinski definition) is 2. The zero-order chi connectivity index (χ0) is 13.7. The molecule has 0 aromatic heterocycles. The van der Waals surface area contributed by atoms with Crippen LogP contribution >= 0.6 is 23.2 Å². The SMILES string of the molecule is O=C(Cc1ccc(Cl)c(Cl)c1)NC1CCCNCC1. The van der Waals surface area contributed by atoms with Crippen molar-refractivity contribution in [2.45, 2.75) is 31.7 Å². The van der Waals surface area contributed by atoms with E-state index in [9.17, 15) is 4.79 Å². The summed E-state index contributed by atoms with van der Waals surface area (Å²) in [4.78, 5) is 12.0. The Morgan fingerprint density at radius 1 is 1.26 bits per heavy atom. The van der Waals surface area contributed by atoms with Gasteiger partial charge in [-0.2, -0.15) is 0 Å². The monoisotopic (exact) mass is 300 g/mol. The molecule has 5 heteroatoms. The third-order valence-corrected chi connectivity index (χ3v) is 4.03. The molecule has 1 aromatic rings. The highest BCUT2D eigenvalue weighted by molar-refractivity contribution is 6.42. The van der Waals surface area contributed by atoms with Crippen molar-refractivity contribution in [1.29, 1.82) is 0 Å². The summed E-state index contributed by atoms with van der Waals surface area (Å²) in [5.74, 6) is 0.0466. The smallest absolute Gasteiger partial charge is 0.224 e. The molecule has 1 fully saturated rings. The average molecular weight is 301 g/mol. The molecule has 0 saturated carbocycles. The lowest BCUT2D eigenvalue weighted by Gasteiger charge is -2.16. The minimum atomic E-state index is 0.0466. The van der Waals surface area contributed by atoms with E-state index in [2.05, 4.69) is 10.6 Å². The number of benzene rings is 1. The van der Waals surface area contributed by atoms with Gasteiger partial charge in [-0.25, -0.2) is 0 Å². The fourth-order valence-corrected chi connectivity index (χ4v) is 2.60. The first kappa shape index (κ1) is 14.6. The Balaban J connectivity index is 1.87. The van der Waals surface area contributed by atoms with Gasteiger partial charge in [0.1, 0.15) is 0 Å². The Kier molecular flexibility index (Phi) is 5.49. The molecule has 1 amide bonds. The van der Waals surface area contributed by atoms with E-state index >= 15 is 0 Å². The van der Waals surface area contributed by atoms with Crippen LogP contribution in [0.15, 0.2) is 18.2 Å². The number of rotatable bonds is 3. The van der Waals surface area contributed by atoms with Crippen molar-refractivity contribution >= 4 is 29.1 Å². The molecule has 3 nitrogen and oxygen atoms in total. The lowest BCUT2D eigenvalue weighted by molar-refractivity contribution is -0.121. The van der Waals surface area contributed by atoms with Crippen molar-refractivity contribution in [2.75, 3.05) is 13.1 Å². The predicted octanol–water partition coefficient (Wildman–Crippen LogP) is 2.79. The molecule has 2 rings (SSSR count). The van der Waals surface area contributed by atoms with Crippen molar-refractivity contribution in [3.05, 3.63) is 33.8 Å². The molecule has 2 N–H and O–H groups in total. The molecule has 1 heterocycles. The van der Waals surface area contributed by atoms with Gasteiger partial charge in [0.2, 0.25) is 5.91 Å². The van der Waals surface area contributed by atoms with E-state index in [1.165, 1.54) is 0 Å². The number of nitrogens with one attached hydrogen (secondary N) is 2. The van der Waals surface area contributed by atoms with Gasteiger partial charge < -0.3 is 10.6 Å². The van der Waals surface area contributed by atoms with E-state index < -0.39 is 0 Å². The van der Waals surface area contributed by atoms with Crippen molar-refractivity contribution < 1.29 is 4.79 Å². The molecule has 19 heavy (non-hydrogen) atoms. The van der Waals surface area contributed by atoms with Gasteiger partial charge in [0.15, 0.2) is 0 Å². The molecule has 0 spiro atoms. The number of amides is 1. The fraction of sp³-hybridized carbons (Fsp3) is 0.500. The van der Waals surface area contributed by atoms with Crippen molar-refractivity contribution in [1.82, 2.24) is 10.6 Å². The van der Waals surface area contributed by atoms with Crippen molar-refractivity contribution in [3.63, 3.8) is 0 Å². The third-order valence-electron chi connectivity index (χ3n) is 3.29. The third kappa shape index (κ3) is 4.68. The molecular weight excluding hydrogens is 283 g/mol. The molecule has 104 valence electrons. The summed E-state index contributed by atoms with van der Waals surface area (Å²) in [7, 11) is 0. The lowest BCUT2D eigenvalue weighted by atomic mass is 10.1. The predicted molar refractivity (Wildman–Crippen MR) is 78.8 cm³/mol. The minimum Gasteiger partial charge on any atom is -0.353 e. The van der Waals surface area contributed by atoms with Gasteiger partial charge in [0, 0.05) is 6.04 Å². The van der Waals surface area contributed by atoms with Crippen LogP contribution in [0.3, 0.4) is 0 Å². The first-order valence-electron chi connectivity index (χ1n) is 6.59. The standard InChI is InChI=1S/C14H18Cl2N2O/c15-12-4-3-10(8-13(12)16)9-14(19)18-11-2-1-6-17-7-5-11/h3-4,8,11,17H,1-2,5-7,9H2,(H,18,19). The summed E-state index contributed by atoms with van der Waals surface area (Å²) in [5.41, 5.74) is 0.888. The second-order valence-corrected chi connectivity index (χ2v) is 5.68. The van der Waals surface area contributed by atoms with E-state index in [0.29, 0.717) is 16.5 Å². The van der Waals surface area contributed by atoms with E-state index in [1.807, 2.05) is 6.07 Å². The quantitative estimate of drug-likeness (QED) is 0.901. The first-order valence-corrected chi connectivity index (χ1v) is 7.35. The Labute approximate surface area is 123 Å². The fourth-order valence-electron chi connectivity index (χ4n) is 2.28. The minimum absolute atomic E-state index is 0.0466. The van der Waals surface area contributed by atoms with Gasteiger partial charge in [0.05, 0.1) is 16.5 Å². The van der Waals surface area contributed by atoms with E-state index in [4.69, 9.17) is 23.2 Å².